The van der Waals surface area contributed by atoms with Crippen LogP contribution < -0.4 is 10.1 Å². The minimum Gasteiger partial charge on any atom is -0.497 e. The molecule has 0 atom stereocenters. The van der Waals surface area contributed by atoms with Crippen molar-refractivity contribution in [1.29, 1.82) is 0 Å². The van der Waals surface area contributed by atoms with Crippen LogP contribution in [0.3, 0.4) is 0 Å². The molecule has 4 aromatic rings. The van der Waals surface area contributed by atoms with Crippen LogP contribution >= 0.6 is 11.3 Å². The minimum atomic E-state index is 0.431. The van der Waals surface area contributed by atoms with Crippen molar-refractivity contribution >= 4 is 43.8 Å². The van der Waals surface area contributed by atoms with E-state index in [1.807, 2.05) is 24.3 Å². The molecule has 0 spiro atoms. The zero-order valence-electron chi connectivity index (χ0n) is 12.1. The van der Waals surface area contributed by atoms with E-state index >= 15 is 0 Å². The Labute approximate surface area is 130 Å². The first-order valence-electron chi connectivity index (χ1n) is 6.81. The maximum atomic E-state index is 5.69. The van der Waals surface area contributed by atoms with Crippen LogP contribution in [0, 0.1) is 6.92 Å². The Hall–Kier alpha value is -2.60. The molecule has 6 heteroatoms. The fraction of sp³-hybridized carbons (Fsp3) is 0.125. The summed E-state index contributed by atoms with van der Waals surface area (Å²) < 4.78 is 12.0. The van der Waals surface area contributed by atoms with E-state index in [1.165, 1.54) is 0 Å². The zero-order valence-corrected chi connectivity index (χ0v) is 12.9. The van der Waals surface area contributed by atoms with Crippen molar-refractivity contribution in [3.63, 3.8) is 0 Å². The molecule has 0 radical (unpaired) electrons. The normalized spacial score (nSPS) is 11.2. The second-order valence-corrected chi connectivity index (χ2v) is 5.95. The molecule has 0 saturated heterocycles. The number of hydrogen-bond acceptors (Lipinski definition) is 6. The summed E-state index contributed by atoms with van der Waals surface area (Å²) in [5, 5.41) is 3.90. The van der Waals surface area contributed by atoms with Gasteiger partial charge >= 0.3 is 6.01 Å². The highest BCUT2D eigenvalue weighted by Crippen LogP contribution is 2.31. The van der Waals surface area contributed by atoms with Gasteiger partial charge in [-0.05, 0) is 30.7 Å². The number of hydrogen-bond donors (Lipinski definition) is 1. The van der Waals surface area contributed by atoms with Gasteiger partial charge in [-0.25, -0.2) is 4.98 Å². The fourth-order valence-corrected chi connectivity index (χ4v) is 3.25. The van der Waals surface area contributed by atoms with Crippen molar-refractivity contribution in [2.24, 2.45) is 0 Å². The molecule has 0 aliphatic rings. The Morgan fingerprint density at radius 2 is 2.09 bits per heavy atom. The monoisotopic (exact) mass is 311 g/mol. The van der Waals surface area contributed by atoms with Crippen LogP contribution in [0.5, 0.6) is 5.75 Å². The van der Waals surface area contributed by atoms with E-state index in [0.717, 1.165) is 32.2 Å². The maximum Gasteiger partial charge on any atom is 0.302 e. The van der Waals surface area contributed by atoms with Crippen LogP contribution in [0.25, 0.3) is 21.3 Å². The van der Waals surface area contributed by atoms with Crippen LogP contribution in [0.2, 0.25) is 0 Å². The molecule has 0 aliphatic heterocycles. The Morgan fingerprint density at radius 1 is 1.18 bits per heavy atom. The van der Waals surface area contributed by atoms with Crippen molar-refractivity contribution in [2.75, 3.05) is 12.4 Å². The summed E-state index contributed by atoms with van der Waals surface area (Å²) in [7, 11) is 1.63. The summed E-state index contributed by atoms with van der Waals surface area (Å²) in [5.74, 6) is 0.753. The molecule has 0 saturated carbocycles. The SMILES string of the molecule is COc1ccc2oc(Nc3nc4c(C)cccc4s3)nc2c1. The van der Waals surface area contributed by atoms with Gasteiger partial charge in [0.2, 0.25) is 0 Å². The molecule has 1 N–H and O–H groups in total. The van der Waals surface area contributed by atoms with Crippen LogP contribution in [-0.4, -0.2) is 17.1 Å². The summed E-state index contributed by atoms with van der Waals surface area (Å²) in [6.45, 7) is 2.05. The molecule has 0 aliphatic carbocycles. The molecule has 0 bridgehead atoms. The number of nitrogens with zero attached hydrogens (tertiary/aromatic N) is 2. The number of ether oxygens (including phenoxy) is 1. The molecule has 0 unspecified atom stereocenters. The quantitative estimate of drug-likeness (QED) is 0.603. The summed E-state index contributed by atoms with van der Waals surface area (Å²) >= 11 is 1.58. The zero-order chi connectivity index (χ0) is 15.1. The first-order valence-corrected chi connectivity index (χ1v) is 7.62. The van der Waals surface area contributed by atoms with E-state index in [2.05, 4.69) is 34.3 Å². The maximum absolute atomic E-state index is 5.69. The average molecular weight is 311 g/mol. The molecular weight excluding hydrogens is 298 g/mol. The molecule has 110 valence electrons. The van der Waals surface area contributed by atoms with Gasteiger partial charge in [0.25, 0.3) is 0 Å². The van der Waals surface area contributed by atoms with Crippen molar-refractivity contribution in [1.82, 2.24) is 9.97 Å². The third kappa shape index (κ3) is 2.17. The van der Waals surface area contributed by atoms with Gasteiger partial charge in [0.15, 0.2) is 10.7 Å². The van der Waals surface area contributed by atoms with E-state index in [9.17, 15) is 0 Å². The first kappa shape index (κ1) is 13.1. The number of thiazole rings is 1. The predicted molar refractivity (Wildman–Crippen MR) is 88.2 cm³/mol. The second kappa shape index (κ2) is 4.99. The topological polar surface area (TPSA) is 60.2 Å². The van der Waals surface area contributed by atoms with Crippen molar-refractivity contribution in [3.8, 4) is 5.75 Å². The van der Waals surface area contributed by atoms with Crippen molar-refractivity contribution < 1.29 is 9.15 Å². The van der Waals surface area contributed by atoms with Crippen LogP contribution in [0.4, 0.5) is 11.1 Å². The molecule has 5 nitrogen and oxygen atoms in total. The molecule has 4 rings (SSSR count). The Balaban J connectivity index is 1.70. The minimum absolute atomic E-state index is 0.431. The lowest BCUT2D eigenvalue weighted by Gasteiger charge is -1.95. The van der Waals surface area contributed by atoms with E-state index in [-0.39, 0.29) is 0 Å². The highest BCUT2D eigenvalue weighted by Gasteiger charge is 2.10. The third-order valence-electron chi connectivity index (χ3n) is 3.43. The molecule has 2 aromatic heterocycles. The lowest BCUT2D eigenvalue weighted by atomic mass is 10.2. The summed E-state index contributed by atoms with van der Waals surface area (Å²) in [4.78, 5) is 9.01. The van der Waals surface area contributed by atoms with E-state index in [1.54, 1.807) is 18.4 Å². The number of nitrogens with one attached hydrogen (secondary N) is 1. The lowest BCUT2D eigenvalue weighted by molar-refractivity contribution is 0.415. The summed E-state index contributed by atoms with van der Waals surface area (Å²) in [6, 6.07) is 12.1. The Bertz CT molecular complexity index is 974. The summed E-state index contributed by atoms with van der Waals surface area (Å²) in [6.07, 6.45) is 0. The number of oxazole rings is 1. The number of fused-ring (bicyclic) bond motifs is 2. The van der Waals surface area contributed by atoms with Crippen LogP contribution in [-0.2, 0) is 0 Å². The second-order valence-electron chi connectivity index (χ2n) is 4.92. The number of aryl methyl sites for hydroxylation is 1. The molecule has 2 heterocycles. The van der Waals surface area contributed by atoms with Gasteiger partial charge in [-0.3, -0.25) is 5.32 Å². The fourth-order valence-electron chi connectivity index (χ4n) is 2.32. The average Bonchev–Trinajstić information content (AvgIpc) is 3.10. The van der Waals surface area contributed by atoms with Gasteiger partial charge in [0.05, 0.1) is 17.3 Å². The van der Waals surface area contributed by atoms with Gasteiger partial charge in [-0.15, -0.1) is 0 Å². The Kier molecular flexibility index (Phi) is 2.97. The lowest BCUT2D eigenvalue weighted by Crippen LogP contribution is -1.88. The first-order chi connectivity index (χ1) is 10.7. The largest absolute Gasteiger partial charge is 0.497 e. The highest BCUT2D eigenvalue weighted by atomic mass is 32.1. The van der Waals surface area contributed by atoms with Gasteiger partial charge in [0, 0.05) is 6.07 Å². The molecule has 0 amide bonds. The predicted octanol–water partition coefficient (Wildman–Crippen LogP) is 4.50. The molecule has 2 aromatic carbocycles. The number of aromatic nitrogens is 2. The number of rotatable bonds is 3. The molecule has 22 heavy (non-hydrogen) atoms. The van der Waals surface area contributed by atoms with Crippen LogP contribution in [0.1, 0.15) is 5.56 Å². The standard InChI is InChI=1S/C16H13N3O2S/c1-9-4-3-5-13-14(9)18-16(22-13)19-15-17-11-8-10(20-2)6-7-12(11)21-15/h3-8H,1-2H3,(H,17,18,19). The number of anilines is 2. The number of para-hydroxylation sites is 1. The smallest absolute Gasteiger partial charge is 0.302 e. The van der Waals surface area contributed by atoms with Gasteiger partial charge < -0.3 is 9.15 Å². The van der Waals surface area contributed by atoms with E-state index in [0.29, 0.717) is 11.6 Å². The number of benzene rings is 2. The Morgan fingerprint density at radius 3 is 2.91 bits per heavy atom. The van der Waals surface area contributed by atoms with Crippen LogP contribution in [0.15, 0.2) is 40.8 Å². The van der Waals surface area contributed by atoms with Gasteiger partial charge in [-0.1, -0.05) is 23.5 Å². The van der Waals surface area contributed by atoms with Crippen molar-refractivity contribution in [3.05, 3.63) is 42.0 Å². The van der Waals surface area contributed by atoms with Gasteiger partial charge in [-0.2, -0.15) is 4.98 Å². The number of methoxy groups -OCH3 is 1. The van der Waals surface area contributed by atoms with Crippen molar-refractivity contribution in [2.45, 2.75) is 6.92 Å². The van der Waals surface area contributed by atoms with E-state index in [4.69, 9.17) is 9.15 Å². The van der Waals surface area contributed by atoms with Gasteiger partial charge in [0.1, 0.15) is 11.3 Å². The molecular formula is C16H13N3O2S. The summed E-state index contributed by atoms with van der Waals surface area (Å²) in [5.41, 5.74) is 3.62. The highest BCUT2D eigenvalue weighted by molar-refractivity contribution is 7.22. The van der Waals surface area contributed by atoms with E-state index < -0.39 is 0 Å². The molecule has 0 fully saturated rings. The third-order valence-corrected chi connectivity index (χ3v) is 4.37.